The molecule has 102 valence electrons. The van der Waals surface area contributed by atoms with Gasteiger partial charge in [0.25, 0.3) is 0 Å². The third-order valence-corrected chi connectivity index (χ3v) is 4.78. The molecule has 0 aliphatic heterocycles. The molecule has 5 nitrogen and oxygen atoms in total. The van der Waals surface area contributed by atoms with E-state index in [9.17, 15) is 8.42 Å². The van der Waals surface area contributed by atoms with Gasteiger partial charge in [-0.15, -0.1) is 0 Å². The van der Waals surface area contributed by atoms with Crippen molar-refractivity contribution >= 4 is 27.1 Å². The highest BCUT2D eigenvalue weighted by Crippen LogP contribution is 2.27. The number of halogens is 1. The summed E-state index contributed by atoms with van der Waals surface area (Å²) in [5.41, 5.74) is 6.34. The lowest BCUT2D eigenvalue weighted by Crippen LogP contribution is -2.08. The van der Waals surface area contributed by atoms with E-state index in [-0.39, 0.29) is 21.4 Å². The van der Waals surface area contributed by atoms with Gasteiger partial charge in [0.1, 0.15) is 11.8 Å². The molecule has 2 aromatic rings. The van der Waals surface area contributed by atoms with Crippen LogP contribution in [-0.2, 0) is 15.6 Å². The lowest BCUT2D eigenvalue weighted by molar-refractivity contribution is 0.595. The third-order valence-electron chi connectivity index (χ3n) is 2.63. The molecule has 0 atom stereocenters. The standard InChI is InChI=1S/C13H10ClN3O2S/c14-11-6-10(16)3-4-13(11)20(18,19)8-9-2-1-5-17-12(9)7-15/h1-6H,8,16H2. The maximum Gasteiger partial charge on any atom is 0.184 e. The second-order valence-electron chi connectivity index (χ2n) is 4.07. The van der Waals surface area contributed by atoms with Gasteiger partial charge in [0.05, 0.1) is 15.7 Å². The topological polar surface area (TPSA) is 96.8 Å². The van der Waals surface area contributed by atoms with Crippen LogP contribution in [0.5, 0.6) is 0 Å². The van der Waals surface area contributed by atoms with Crippen molar-refractivity contribution in [1.29, 1.82) is 5.26 Å². The van der Waals surface area contributed by atoms with E-state index < -0.39 is 9.84 Å². The van der Waals surface area contributed by atoms with Gasteiger partial charge < -0.3 is 5.73 Å². The molecule has 0 amide bonds. The van der Waals surface area contributed by atoms with Crippen LogP contribution in [0, 0.1) is 11.3 Å². The fraction of sp³-hybridized carbons (Fsp3) is 0.0769. The molecule has 0 fully saturated rings. The van der Waals surface area contributed by atoms with Crippen LogP contribution in [0.2, 0.25) is 5.02 Å². The quantitative estimate of drug-likeness (QED) is 0.876. The lowest BCUT2D eigenvalue weighted by Gasteiger charge is -2.08. The first-order chi connectivity index (χ1) is 9.44. The van der Waals surface area contributed by atoms with Gasteiger partial charge in [0, 0.05) is 17.4 Å². The first-order valence-corrected chi connectivity index (χ1v) is 7.59. The zero-order valence-corrected chi connectivity index (χ0v) is 11.8. The first-order valence-electron chi connectivity index (χ1n) is 5.56. The van der Waals surface area contributed by atoms with Crippen molar-refractivity contribution in [2.24, 2.45) is 0 Å². The normalized spacial score (nSPS) is 11.0. The first kappa shape index (κ1) is 14.3. The molecule has 0 aliphatic rings. The summed E-state index contributed by atoms with van der Waals surface area (Å²) < 4.78 is 24.7. The van der Waals surface area contributed by atoms with Crippen LogP contribution in [0.1, 0.15) is 11.3 Å². The number of nitrogen functional groups attached to an aromatic ring is 1. The van der Waals surface area contributed by atoms with Crippen LogP contribution < -0.4 is 5.73 Å². The summed E-state index contributed by atoms with van der Waals surface area (Å²) >= 11 is 5.91. The highest BCUT2D eigenvalue weighted by molar-refractivity contribution is 7.90. The number of nitriles is 1. The maximum atomic E-state index is 12.3. The van der Waals surface area contributed by atoms with E-state index in [0.29, 0.717) is 11.3 Å². The lowest BCUT2D eigenvalue weighted by atomic mass is 10.2. The molecular weight excluding hydrogens is 298 g/mol. The molecule has 2 N–H and O–H groups in total. The molecule has 0 aliphatic carbocycles. The largest absolute Gasteiger partial charge is 0.399 e. The van der Waals surface area contributed by atoms with Crippen LogP contribution in [-0.4, -0.2) is 13.4 Å². The molecule has 0 saturated heterocycles. The number of benzene rings is 1. The van der Waals surface area contributed by atoms with E-state index >= 15 is 0 Å². The van der Waals surface area contributed by atoms with Gasteiger partial charge >= 0.3 is 0 Å². The summed E-state index contributed by atoms with van der Waals surface area (Å²) in [5.74, 6) is -0.340. The van der Waals surface area contributed by atoms with Gasteiger partial charge in [-0.05, 0) is 24.3 Å². The second kappa shape index (κ2) is 5.49. The Hall–Kier alpha value is -2.10. The molecule has 0 unspecified atom stereocenters. The molecule has 1 aromatic carbocycles. The van der Waals surface area contributed by atoms with E-state index in [0.717, 1.165) is 0 Å². The number of anilines is 1. The van der Waals surface area contributed by atoms with Crippen LogP contribution in [0.3, 0.4) is 0 Å². The minimum atomic E-state index is -3.67. The van der Waals surface area contributed by atoms with Gasteiger partial charge in [-0.2, -0.15) is 5.26 Å². The number of hydrogen-bond donors (Lipinski definition) is 1. The Bertz CT molecular complexity index is 798. The van der Waals surface area contributed by atoms with Crippen LogP contribution >= 0.6 is 11.6 Å². The predicted octanol–water partition coefficient (Wildman–Crippen LogP) is 2.16. The molecule has 0 spiro atoms. The summed E-state index contributed by atoms with van der Waals surface area (Å²) in [5, 5.41) is 8.99. The Kier molecular flexibility index (Phi) is 3.93. The third kappa shape index (κ3) is 2.90. The monoisotopic (exact) mass is 307 g/mol. The smallest absolute Gasteiger partial charge is 0.184 e. The Morgan fingerprint density at radius 3 is 2.75 bits per heavy atom. The number of pyridine rings is 1. The molecule has 1 aromatic heterocycles. The van der Waals surface area contributed by atoms with E-state index in [2.05, 4.69) is 4.98 Å². The minimum absolute atomic E-state index is 0.0129. The van der Waals surface area contributed by atoms with E-state index in [4.69, 9.17) is 22.6 Å². The number of hydrogen-bond acceptors (Lipinski definition) is 5. The van der Waals surface area contributed by atoms with Gasteiger partial charge in [0.2, 0.25) is 0 Å². The number of sulfone groups is 1. The highest BCUT2D eigenvalue weighted by atomic mass is 35.5. The van der Waals surface area contributed by atoms with Crippen LogP contribution in [0.15, 0.2) is 41.4 Å². The number of nitrogens with two attached hydrogens (primary N) is 1. The average Bonchev–Trinajstić information content (AvgIpc) is 2.38. The van der Waals surface area contributed by atoms with E-state index in [1.165, 1.54) is 24.4 Å². The van der Waals surface area contributed by atoms with Crippen molar-refractivity contribution in [3.05, 3.63) is 52.8 Å². The zero-order chi connectivity index (χ0) is 14.8. The van der Waals surface area contributed by atoms with Crippen molar-refractivity contribution in [3.8, 4) is 6.07 Å². The van der Waals surface area contributed by atoms with E-state index in [1.54, 1.807) is 12.1 Å². The number of aromatic nitrogens is 1. The van der Waals surface area contributed by atoms with Crippen molar-refractivity contribution in [2.75, 3.05) is 5.73 Å². The van der Waals surface area contributed by atoms with Crippen molar-refractivity contribution in [2.45, 2.75) is 10.6 Å². The fourth-order valence-corrected chi connectivity index (χ4v) is 3.68. The molecule has 0 radical (unpaired) electrons. The molecule has 20 heavy (non-hydrogen) atoms. The van der Waals surface area contributed by atoms with Gasteiger partial charge in [0.15, 0.2) is 9.84 Å². The Balaban J connectivity index is 2.44. The summed E-state index contributed by atoms with van der Waals surface area (Å²) in [6.45, 7) is 0. The molecule has 7 heteroatoms. The van der Waals surface area contributed by atoms with Crippen LogP contribution in [0.4, 0.5) is 5.69 Å². The van der Waals surface area contributed by atoms with Crippen molar-refractivity contribution < 1.29 is 8.42 Å². The summed E-state index contributed by atoms with van der Waals surface area (Å²) in [4.78, 5) is 3.82. The number of rotatable bonds is 3. The highest BCUT2D eigenvalue weighted by Gasteiger charge is 2.20. The van der Waals surface area contributed by atoms with E-state index in [1.807, 2.05) is 6.07 Å². The van der Waals surface area contributed by atoms with Gasteiger partial charge in [-0.3, -0.25) is 0 Å². The molecule has 1 heterocycles. The predicted molar refractivity (Wildman–Crippen MR) is 75.7 cm³/mol. The SMILES string of the molecule is N#Cc1ncccc1CS(=O)(=O)c1ccc(N)cc1Cl. The average molecular weight is 308 g/mol. The summed E-state index contributed by atoms with van der Waals surface area (Å²) in [6.07, 6.45) is 1.44. The zero-order valence-electron chi connectivity index (χ0n) is 10.2. The molecule has 0 saturated carbocycles. The molecule has 2 rings (SSSR count). The number of nitrogens with zero attached hydrogens (tertiary/aromatic N) is 2. The maximum absolute atomic E-state index is 12.3. The van der Waals surface area contributed by atoms with Crippen molar-refractivity contribution in [3.63, 3.8) is 0 Å². The Labute approximate surface area is 121 Å². The molecule has 0 bridgehead atoms. The Morgan fingerprint density at radius 2 is 2.10 bits per heavy atom. The fourth-order valence-electron chi connectivity index (χ4n) is 1.71. The van der Waals surface area contributed by atoms with Gasteiger partial charge in [-0.1, -0.05) is 17.7 Å². The van der Waals surface area contributed by atoms with Gasteiger partial charge in [-0.25, -0.2) is 13.4 Å². The van der Waals surface area contributed by atoms with Crippen molar-refractivity contribution in [1.82, 2.24) is 4.98 Å². The Morgan fingerprint density at radius 1 is 1.35 bits per heavy atom. The summed E-state index contributed by atoms with van der Waals surface area (Å²) in [7, 11) is -3.67. The van der Waals surface area contributed by atoms with Crippen LogP contribution in [0.25, 0.3) is 0 Å². The second-order valence-corrected chi connectivity index (χ2v) is 6.44. The minimum Gasteiger partial charge on any atom is -0.399 e. The summed E-state index contributed by atoms with van der Waals surface area (Å²) in [6, 6.07) is 9.19. The molecular formula is C13H10ClN3O2S.